The number of hydrogen-bond donors (Lipinski definition) is 2. The van der Waals surface area contributed by atoms with Crippen LogP contribution in [0.5, 0.6) is 0 Å². The van der Waals surface area contributed by atoms with E-state index in [0.29, 0.717) is 12.2 Å². The van der Waals surface area contributed by atoms with Crippen molar-refractivity contribution in [3.8, 4) is 0 Å². The molecule has 0 spiro atoms. The maximum atomic E-state index is 13.1. The second-order valence-corrected chi connectivity index (χ2v) is 5.04. The second kappa shape index (κ2) is 4.63. The number of carbonyl (C=O) groups excluding carboxylic acids is 1. The smallest absolute Gasteiger partial charge is 0.231 e. The molecule has 1 aliphatic rings. The van der Waals surface area contributed by atoms with Crippen LogP contribution in [0.1, 0.15) is 13.3 Å². The molecule has 0 saturated carbocycles. The molecule has 2 rings (SSSR count). The first-order chi connectivity index (χ1) is 7.99. The third kappa shape index (κ3) is 2.76. The number of amides is 1. The first-order valence-electron chi connectivity index (χ1n) is 5.48. The number of carbonyl (C=O) groups is 1. The maximum Gasteiger partial charge on any atom is 0.231 e. The highest BCUT2D eigenvalue weighted by molar-refractivity contribution is 6.30. The summed E-state index contributed by atoms with van der Waals surface area (Å²) in [6.07, 6.45) is 0.780. The minimum Gasteiger partial charge on any atom is -0.325 e. The summed E-state index contributed by atoms with van der Waals surface area (Å²) in [6, 6.07) is 4.00. The van der Waals surface area contributed by atoms with Gasteiger partial charge < -0.3 is 10.6 Å². The van der Waals surface area contributed by atoms with Crippen molar-refractivity contribution in [2.45, 2.75) is 13.3 Å². The van der Waals surface area contributed by atoms with Crippen LogP contribution in [0.25, 0.3) is 0 Å². The predicted molar refractivity (Wildman–Crippen MR) is 65.6 cm³/mol. The Kier molecular flexibility index (Phi) is 3.35. The molecule has 1 saturated heterocycles. The highest BCUT2D eigenvalue weighted by Crippen LogP contribution is 2.27. The Balaban J connectivity index is 2.12. The zero-order valence-corrected chi connectivity index (χ0v) is 10.3. The number of nitrogens with one attached hydrogen (secondary N) is 2. The van der Waals surface area contributed by atoms with E-state index in [9.17, 15) is 9.18 Å². The number of halogens is 2. The van der Waals surface area contributed by atoms with Gasteiger partial charge in [-0.05, 0) is 38.1 Å². The van der Waals surface area contributed by atoms with Gasteiger partial charge in [0.05, 0.1) is 5.41 Å². The zero-order valence-electron chi connectivity index (χ0n) is 9.52. The van der Waals surface area contributed by atoms with Gasteiger partial charge in [-0.15, -0.1) is 0 Å². The quantitative estimate of drug-likeness (QED) is 0.853. The van der Waals surface area contributed by atoms with Gasteiger partial charge in [-0.1, -0.05) is 11.6 Å². The Bertz CT molecular complexity index is 424. The standard InChI is InChI=1S/C12H14ClFN2O/c1-12(2-3-15-7-12)11(17)16-10-5-8(13)4-9(14)6-10/h4-6,15H,2-3,7H2,1H3,(H,16,17). The maximum absolute atomic E-state index is 13.1. The van der Waals surface area contributed by atoms with Crippen molar-refractivity contribution in [1.82, 2.24) is 5.32 Å². The van der Waals surface area contributed by atoms with Crippen molar-refractivity contribution < 1.29 is 9.18 Å². The molecule has 17 heavy (non-hydrogen) atoms. The van der Waals surface area contributed by atoms with Gasteiger partial charge in [-0.25, -0.2) is 4.39 Å². The molecule has 2 N–H and O–H groups in total. The Morgan fingerprint density at radius 2 is 2.29 bits per heavy atom. The first-order valence-corrected chi connectivity index (χ1v) is 5.86. The lowest BCUT2D eigenvalue weighted by molar-refractivity contribution is -0.123. The summed E-state index contributed by atoms with van der Waals surface area (Å²) < 4.78 is 13.1. The van der Waals surface area contributed by atoms with E-state index in [1.807, 2.05) is 6.92 Å². The van der Waals surface area contributed by atoms with E-state index in [1.54, 1.807) is 0 Å². The van der Waals surface area contributed by atoms with E-state index in [2.05, 4.69) is 10.6 Å². The zero-order chi connectivity index (χ0) is 12.5. The summed E-state index contributed by atoms with van der Waals surface area (Å²) in [5.74, 6) is -0.563. The van der Waals surface area contributed by atoms with Crippen molar-refractivity contribution in [2.75, 3.05) is 18.4 Å². The molecule has 92 valence electrons. The number of anilines is 1. The molecule has 1 aliphatic heterocycles. The Morgan fingerprint density at radius 1 is 1.53 bits per heavy atom. The molecule has 1 aromatic carbocycles. The molecule has 5 heteroatoms. The largest absolute Gasteiger partial charge is 0.325 e. The number of hydrogen-bond acceptors (Lipinski definition) is 2. The molecule has 0 aromatic heterocycles. The monoisotopic (exact) mass is 256 g/mol. The third-order valence-corrected chi connectivity index (χ3v) is 3.26. The fourth-order valence-corrected chi connectivity index (χ4v) is 2.14. The molecule has 0 aliphatic carbocycles. The van der Waals surface area contributed by atoms with E-state index in [1.165, 1.54) is 18.2 Å². The minimum absolute atomic E-state index is 0.107. The van der Waals surface area contributed by atoms with Gasteiger partial charge in [0.25, 0.3) is 0 Å². The van der Waals surface area contributed by atoms with E-state index in [0.717, 1.165) is 13.0 Å². The van der Waals surface area contributed by atoms with Crippen molar-refractivity contribution >= 4 is 23.2 Å². The number of rotatable bonds is 2. The van der Waals surface area contributed by atoms with Crippen LogP contribution in [0.2, 0.25) is 5.02 Å². The minimum atomic E-state index is -0.456. The van der Waals surface area contributed by atoms with Crippen molar-refractivity contribution in [3.05, 3.63) is 29.0 Å². The predicted octanol–water partition coefficient (Wildman–Crippen LogP) is 2.42. The average molecular weight is 257 g/mol. The topological polar surface area (TPSA) is 41.1 Å². The average Bonchev–Trinajstić information content (AvgIpc) is 2.64. The first kappa shape index (κ1) is 12.3. The van der Waals surface area contributed by atoms with Crippen LogP contribution in [0, 0.1) is 11.2 Å². The van der Waals surface area contributed by atoms with Gasteiger partial charge in [-0.2, -0.15) is 0 Å². The van der Waals surface area contributed by atoms with Crippen LogP contribution in [0.4, 0.5) is 10.1 Å². The SMILES string of the molecule is CC1(C(=O)Nc2cc(F)cc(Cl)c2)CCNC1. The van der Waals surface area contributed by atoms with E-state index in [4.69, 9.17) is 11.6 Å². The Labute approximate surface area is 104 Å². The summed E-state index contributed by atoms with van der Waals surface area (Å²) in [6.45, 7) is 3.36. The van der Waals surface area contributed by atoms with Crippen LogP contribution in [0.3, 0.4) is 0 Å². The summed E-state index contributed by atoms with van der Waals surface area (Å²) in [7, 11) is 0. The van der Waals surface area contributed by atoms with Gasteiger partial charge in [0.1, 0.15) is 5.82 Å². The number of benzene rings is 1. The van der Waals surface area contributed by atoms with Gasteiger partial charge in [-0.3, -0.25) is 4.79 Å². The molecule has 1 fully saturated rings. The fraction of sp³-hybridized carbons (Fsp3) is 0.417. The van der Waals surface area contributed by atoms with Crippen molar-refractivity contribution in [3.63, 3.8) is 0 Å². The summed E-state index contributed by atoms with van der Waals surface area (Å²) in [4.78, 5) is 12.0. The normalized spacial score (nSPS) is 23.7. The summed E-state index contributed by atoms with van der Waals surface area (Å²) in [5, 5.41) is 6.12. The van der Waals surface area contributed by atoms with E-state index < -0.39 is 11.2 Å². The molecule has 1 amide bonds. The van der Waals surface area contributed by atoms with Crippen molar-refractivity contribution in [1.29, 1.82) is 0 Å². The molecule has 1 heterocycles. The highest BCUT2D eigenvalue weighted by atomic mass is 35.5. The highest BCUT2D eigenvalue weighted by Gasteiger charge is 2.36. The molecular weight excluding hydrogens is 243 g/mol. The van der Waals surface area contributed by atoms with Crippen LogP contribution >= 0.6 is 11.6 Å². The molecule has 1 unspecified atom stereocenters. The summed E-state index contributed by atoms with van der Waals surface area (Å²) >= 11 is 5.72. The Hall–Kier alpha value is -1.13. The lowest BCUT2D eigenvalue weighted by atomic mass is 9.89. The van der Waals surface area contributed by atoms with Crippen LogP contribution < -0.4 is 10.6 Å². The lowest BCUT2D eigenvalue weighted by Gasteiger charge is -2.21. The van der Waals surface area contributed by atoms with Crippen LogP contribution in [0.15, 0.2) is 18.2 Å². The Morgan fingerprint density at radius 3 is 2.88 bits per heavy atom. The van der Waals surface area contributed by atoms with Crippen LogP contribution in [-0.2, 0) is 4.79 Å². The molecular formula is C12H14ClFN2O. The third-order valence-electron chi connectivity index (χ3n) is 3.04. The molecule has 1 aromatic rings. The summed E-state index contributed by atoms with van der Waals surface area (Å²) in [5.41, 5.74) is -0.0353. The molecule has 1 atom stereocenters. The second-order valence-electron chi connectivity index (χ2n) is 4.60. The van der Waals surface area contributed by atoms with Gasteiger partial charge >= 0.3 is 0 Å². The van der Waals surface area contributed by atoms with Crippen LogP contribution in [-0.4, -0.2) is 19.0 Å². The molecule has 0 bridgehead atoms. The molecule has 3 nitrogen and oxygen atoms in total. The van der Waals surface area contributed by atoms with Gasteiger partial charge in [0.2, 0.25) is 5.91 Å². The van der Waals surface area contributed by atoms with E-state index in [-0.39, 0.29) is 10.9 Å². The fourth-order valence-electron chi connectivity index (χ4n) is 1.92. The van der Waals surface area contributed by atoms with Gasteiger partial charge in [0, 0.05) is 17.3 Å². The molecule has 0 radical (unpaired) electrons. The lowest BCUT2D eigenvalue weighted by Crippen LogP contribution is -2.35. The van der Waals surface area contributed by atoms with Gasteiger partial charge in [0.15, 0.2) is 0 Å². The van der Waals surface area contributed by atoms with E-state index >= 15 is 0 Å². The van der Waals surface area contributed by atoms with Crippen molar-refractivity contribution in [2.24, 2.45) is 5.41 Å².